The van der Waals surface area contributed by atoms with Crippen LogP contribution in [0.4, 0.5) is 0 Å². The van der Waals surface area contributed by atoms with E-state index in [9.17, 15) is 4.79 Å². The van der Waals surface area contributed by atoms with Gasteiger partial charge in [-0.15, -0.1) is 0 Å². The molecule has 1 fully saturated rings. The Bertz CT molecular complexity index is 621. The number of hydrogen-bond donors (Lipinski definition) is 0. The highest BCUT2D eigenvalue weighted by Gasteiger charge is 2.17. The lowest BCUT2D eigenvalue weighted by atomic mass is 10.1. The highest BCUT2D eigenvalue weighted by atomic mass is 16.5. The van der Waals surface area contributed by atoms with Crippen molar-refractivity contribution in [2.24, 2.45) is 0 Å². The predicted molar refractivity (Wildman–Crippen MR) is 70.1 cm³/mol. The minimum absolute atomic E-state index is 0.317. The fraction of sp³-hybridized carbons (Fsp3) is 0.400. The first-order valence-electron chi connectivity index (χ1n) is 6.43. The molecule has 0 unspecified atom stereocenters. The summed E-state index contributed by atoms with van der Waals surface area (Å²) >= 11 is 0. The van der Waals surface area contributed by atoms with Gasteiger partial charge in [-0.05, 0) is 50.3 Å². The van der Waals surface area contributed by atoms with Gasteiger partial charge in [-0.25, -0.2) is 4.79 Å². The van der Waals surface area contributed by atoms with Crippen LogP contribution in [-0.2, 0) is 0 Å². The van der Waals surface area contributed by atoms with E-state index >= 15 is 0 Å². The second-order valence-electron chi connectivity index (χ2n) is 4.93. The molecule has 3 heteroatoms. The van der Waals surface area contributed by atoms with Gasteiger partial charge in [0.15, 0.2) is 0 Å². The van der Waals surface area contributed by atoms with Crippen LogP contribution >= 0.6 is 0 Å². The van der Waals surface area contributed by atoms with E-state index in [4.69, 9.17) is 9.15 Å². The minimum atomic E-state index is -0.320. The predicted octanol–water partition coefficient (Wildman–Crippen LogP) is 3.42. The molecule has 1 aliphatic rings. The maximum absolute atomic E-state index is 11.2. The van der Waals surface area contributed by atoms with Crippen molar-refractivity contribution in [1.29, 1.82) is 0 Å². The molecule has 0 aliphatic heterocycles. The average Bonchev–Trinajstić information content (AvgIpc) is 2.81. The summed E-state index contributed by atoms with van der Waals surface area (Å²) in [5.41, 5.74) is 1.36. The summed E-state index contributed by atoms with van der Waals surface area (Å²) in [4.78, 5) is 11.2. The second-order valence-corrected chi connectivity index (χ2v) is 4.93. The van der Waals surface area contributed by atoms with Gasteiger partial charge in [-0.1, -0.05) is 0 Å². The van der Waals surface area contributed by atoms with E-state index in [0.29, 0.717) is 11.7 Å². The third-order valence-electron chi connectivity index (χ3n) is 3.52. The number of aryl methyl sites for hydroxylation is 1. The highest BCUT2D eigenvalue weighted by molar-refractivity contribution is 5.81. The Morgan fingerprint density at radius 3 is 2.78 bits per heavy atom. The molecule has 0 amide bonds. The Morgan fingerprint density at radius 1 is 1.22 bits per heavy atom. The number of rotatable bonds is 2. The van der Waals surface area contributed by atoms with Crippen LogP contribution in [0.5, 0.6) is 5.75 Å². The largest absolute Gasteiger partial charge is 0.490 e. The SMILES string of the molecule is Cc1cc(OC2CCCC2)cc2oc(=O)ccc12. The molecule has 3 rings (SSSR count). The lowest BCUT2D eigenvalue weighted by molar-refractivity contribution is 0.210. The van der Waals surface area contributed by atoms with Gasteiger partial charge in [0.05, 0.1) is 6.10 Å². The minimum Gasteiger partial charge on any atom is -0.490 e. The number of benzene rings is 1. The third-order valence-corrected chi connectivity index (χ3v) is 3.52. The molecule has 1 saturated carbocycles. The molecular weight excluding hydrogens is 228 g/mol. The highest BCUT2D eigenvalue weighted by Crippen LogP contribution is 2.28. The fourth-order valence-electron chi connectivity index (χ4n) is 2.59. The molecule has 1 aromatic heterocycles. The number of ether oxygens (including phenoxy) is 1. The summed E-state index contributed by atoms with van der Waals surface area (Å²) in [6, 6.07) is 7.09. The van der Waals surface area contributed by atoms with Crippen molar-refractivity contribution in [1.82, 2.24) is 0 Å². The maximum Gasteiger partial charge on any atom is 0.336 e. The van der Waals surface area contributed by atoms with E-state index in [2.05, 4.69) is 0 Å². The molecule has 3 nitrogen and oxygen atoms in total. The summed E-state index contributed by atoms with van der Waals surface area (Å²) in [5, 5.41) is 0.966. The lowest BCUT2D eigenvalue weighted by Gasteiger charge is -2.14. The zero-order chi connectivity index (χ0) is 12.5. The molecule has 2 aromatic rings. The van der Waals surface area contributed by atoms with Crippen LogP contribution < -0.4 is 10.4 Å². The maximum atomic E-state index is 11.2. The Labute approximate surface area is 105 Å². The Morgan fingerprint density at radius 2 is 2.00 bits per heavy atom. The topological polar surface area (TPSA) is 39.4 Å². The van der Waals surface area contributed by atoms with Crippen molar-refractivity contribution < 1.29 is 9.15 Å². The van der Waals surface area contributed by atoms with Crippen LogP contribution in [-0.4, -0.2) is 6.10 Å². The summed E-state index contributed by atoms with van der Waals surface area (Å²) in [6.45, 7) is 2.00. The molecule has 0 N–H and O–H groups in total. The van der Waals surface area contributed by atoms with Crippen LogP contribution in [0, 0.1) is 6.92 Å². The summed E-state index contributed by atoms with van der Waals surface area (Å²) in [6.07, 6.45) is 5.04. The molecule has 0 saturated heterocycles. The molecule has 0 radical (unpaired) electrons. The Kier molecular flexibility index (Phi) is 2.82. The van der Waals surface area contributed by atoms with Crippen LogP contribution in [0.3, 0.4) is 0 Å². The van der Waals surface area contributed by atoms with E-state index < -0.39 is 0 Å². The first-order valence-corrected chi connectivity index (χ1v) is 6.43. The second kappa shape index (κ2) is 4.48. The molecule has 18 heavy (non-hydrogen) atoms. The van der Waals surface area contributed by atoms with Crippen molar-refractivity contribution in [2.75, 3.05) is 0 Å². The zero-order valence-electron chi connectivity index (χ0n) is 10.4. The van der Waals surface area contributed by atoms with Crippen LogP contribution in [0.25, 0.3) is 11.0 Å². The quantitative estimate of drug-likeness (QED) is 0.760. The van der Waals surface area contributed by atoms with Gasteiger partial charge < -0.3 is 9.15 Å². The first-order chi connectivity index (χ1) is 8.72. The Balaban J connectivity index is 1.99. The normalized spacial score (nSPS) is 16.3. The van der Waals surface area contributed by atoms with E-state index in [0.717, 1.165) is 29.5 Å². The van der Waals surface area contributed by atoms with Crippen molar-refractivity contribution in [3.63, 3.8) is 0 Å². The van der Waals surface area contributed by atoms with Gasteiger partial charge in [-0.2, -0.15) is 0 Å². The average molecular weight is 244 g/mol. The zero-order valence-corrected chi connectivity index (χ0v) is 10.4. The van der Waals surface area contributed by atoms with Crippen LogP contribution in [0.15, 0.2) is 33.5 Å². The first kappa shape index (κ1) is 11.3. The molecule has 94 valence electrons. The van der Waals surface area contributed by atoms with E-state index in [1.54, 1.807) is 6.07 Å². The molecular formula is C15H16O3. The summed E-state index contributed by atoms with van der Waals surface area (Å²) in [7, 11) is 0. The molecule has 0 bridgehead atoms. The van der Waals surface area contributed by atoms with Crippen molar-refractivity contribution in [2.45, 2.75) is 38.7 Å². The number of fused-ring (bicyclic) bond motifs is 1. The van der Waals surface area contributed by atoms with Gasteiger partial charge in [0, 0.05) is 17.5 Å². The van der Waals surface area contributed by atoms with E-state index in [-0.39, 0.29) is 5.63 Å². The van der Waals surface area contributed by atoms with Gasteiger partial charge in [0.2, 0.25) is 0 Å². The van der Waals surface area contributed by atoms with Gasteiger partial charge in [0.1, 0.15) is 11.3 Å². The summed E-state index contributed by atoms with van der Waals surface area (Å²) in [5.74, 6) is 0.807. The molecule has 1 aliphatic carbocycles. The summed E-state index contributed by atoms with van der Waals surface area (Å²) < 4.78 is 11.2. The van der Waals surface area contributed by atoms with Gasteiger partial charge in [0.25, 0.3) is 0 Å². The third kappa shape index (κ3) is 2.13. The fourth-order valence-corrected chi connectivity index (χ4v) is 2.59. The molecule has 1 aromatic carbocycles. The molecule has 1 heterocycles. The van der Waals surface area contributed by atoms with Crippen LogP contribution in [0.2, 0.25) is 0 Å². The van der Waals surface area contributed by atoms with Gasteiger partial charge in [-0.3, -0.25) is 0 Å². The lowest BCUT2D eigenvalue weighted by Crippen LogP contribution is -2.11. The van der Waals surface area contributed by atoms with Crippen molar-refractivity contribution in [3.05, 3.63) is 40.2 Å². The Hall–Kier alpha value is -1.77. The van der Waals surface area contributed by atoms with Crippen molar-refractivity contribution >= 4 is 11.0 Å². The van der Waals surface area contributed by atoms with E-state index in [1.807, 2.05) is 19.1 Å². The standard InChI is InChI=1S/C15H16O3/c1-10-8-12(17-11-4-2-3-5-11)9-14-13(10)6-7-15(16)18-14/h6-9,11H,2-5H2,1H3. The number of hydrogen-bond acceptors (Lipinski definition) is 3. The van der Waals surface area contributed by atoms with Crippen molar-refractivity contribution in [3.8, 4) is 5.75 Å². The monoisotopic (exact) mass is 244 g/mol. The van der Waals surface area contributed by atoms with Gasteiger partial charge >= 0.3 is 5.63 Å². The molecule has 0 spiro atoms. The molecule has 0 atom stereocenters. The van der Waals surface area contributed by atoms with Crippen LogP contribution in [0.1, 0.15) is 31.2 Å². The smallest absolute Gasteiger partial charge is 0.336 e. The van der Waals surface area contributed by atoms with E-state index in [1.165, 1.54) is 18.9 Å².